The largest absolute Gasteiger partial charge is 0.326 e. The Balaban J connectivity index is 2.61. The van der Waals surface area contributed by atoms with Gasteiger partial charge in [-0.05, 0) is 17.5 Å². The number of hydrogen-bond donors (Lipinski definition) is 1. The average molecular weight is 225 g/mol. The molecule has 84 valence electrons. The molecule has 0 fully saturated rings. The second kappa shape index (κ2) is 6.03. The minimum atomic E-state index is -0.756. The maximum Gasteiger partial charge on any atom is 0.0488 e. The van der Waals surface area contributed by atoms with E-state index in [1.165, 1.54) is 0 Å². The van der Waals surface area contributed by atoms with Crippen LogP contribution in [0.4, 0.5) is 0 Å². The van der Waals surface area contributed by atoms with Gasteiger partial charge in [0.15, 0.2) is 0 Å². The maximum atomic E-state index is 11.8. The zero-order valence-electron chi connectivity index (χ0n) is 9.40. The lowest BCUT2D eigenvalue weighted by atomic mass is 10.1. The Hall–Kier alpha value is -0.670. The van der Waals surface area contributed by atoms with E-state index < -0.39 is 10.8 Å². The summed E-state index contributed by atoms with van der Waals surface area (Å²) in [5.41, 5.74) is 7.76. The first-order chi connectivity index (χ1) is 7.17. The summed E-state index contributed by atoms with van der Waals surface area (Å²) in [5, 5.41) is 0.277. The third-order valence-corrected chi connectivity index (χ3v) is 4.44. The highest BCUT2D eigenvalue weighted by Crippen LogP contribution is 2.10. The fraction of sp³-hybridized carbons (Fsp3) is 0.500. The highest BCUT2D eigenvalue weighted by atomic mass is 32.2. The molecule has 2 N–H and O–H groups in total. The van der Waals surface area contributed by atoms with Crippen LogP contribution < -0.4 is 5.73 Å². The lowest BCUT2D eigenvalue weighted by molar-refractivity contribution is 0.669. The molecular formula is C12H19NOS. The van der Waals surface area contributed by atoms with E-state index in [1.54, 1.807) is 0 Å². The molecule has 0 saturated heterocycles. The molecule has 3 heteroatoms. The van der Waals surface area contributed by atoms with E-state index in [0.29, 0.717) is 12.3 Å². The summed E-state index contributed by atoms with van der Waals surface area (Å²) in [7, 11) is -0.756. The van der Waals surface area contributed by atoms with Crippen molar-refractivity contribution in [3.63, 3.8) is 0 Å². The molecule has 0 bridgehead atoms. The third kappa shape index (κ3) is 3.76. The number of benzene rings is 1. The van der Waals surface area contributed by atoms with Crippen LogP contribution in [-0.2, 0) is 23.1 Å². The van der Waals surface area contributed by atoms with Crippen molar-refractivity contribution in [3.8, 4) is 0 Å². The van der Waals surface area contributed by atoms with Crippen LogP contribution in [0.5, 0.6) is 0 Å². The lowest BCUT2D eigenvalue weighted by Gasteiger charge is -2.08. The van der Waals surface area contributed by atoms with Crippen molar-refractivity contribution >= 4 is 10.8 Å². The molecule has 15 heavy (non-hydrogen) atoms. The van der Waals surface area contributed by atoms with Crippen LogP contribution >= 0.6 is 0 Å². The Labute approximate surface area is 94.3 Å². The Morgan fingerprint density at radius 3 is 2.27 bits per heavy atom. The van der Waals surface area contributed by atoms with E-state index in [1.807, 2.05) is 31.2 Å². The monoisotopic (exact) mass is 225 g/mol. The number of hydrogen-bond acceptors (Lipinski definition) is 2. The van der Waals surface area contributed by atoms with Crippen LogP contribution in [0.15, 0.2) is 24.3 Å². The molecule has 0 aliphatic carbocycles. The minimum Gasteiger partial charge on any atom is -0.326 e. The van der Waals surface area contributed by atoms with Crippen molar-refractivity contribution < 1.29 is 4.21 Å². The summed E-state index contributed by atoms with van der Waals surface area (Å²) in [5.74, 6) is 0.653. The van der Waals surface area contributed by atoms with Crippen LogP contribution in [0.3, 0.4) is 0 Å². The Bertz CT molecular complexity index is 321. The van der Waals surface area contributed by atoms with E-state index in [9.17, 15) is 4.21 Å². The molecule has 0 radical (unpaired) electrons. The summed E-state index contributed by atoms with van der Waals surface area (Å²) < 4.78 is 11.8. The standard InChI is InChI=1S/C12H19NOS/c1-3-10(2)15(14)9-12-6-4-11(8-13)5-7-12/h4-7,10H,3,8-9,13H2,1-2H3. The Kier molecular flexibility index (Phi) is 4.99. The first kappa shape index (κ1) is 12.4. The van der Waals surface area contributed by atoms with E-state index in [-0.39, 0.29) is 5.25 Å². The zero-order chi connectivity index (χ0) is 11.3. The smallest absolute Gasteiger partial charge is 0.0488 e. The molecule has 2 atom stereocenters. The van der Waals surface area contributed by atoms with Gasteiger partial charge in [0.05, 0.1) is 0 Å². The van der Waals surface area contributed by atoms with E-state index in [2.05, 4.69) is 6.92 Å². The van der Waals surface area contributed by atoms with Gasteiger partial charge in [0, 0.05) is 28.3 Å². The van der Waals surface area contributed by atoms with E-state index in [0.717, 1.165) is 17.5 Å². The Morgan fingerprint density at radius 1 is 1.27 bits per heavy atom. The van der Waals surface area contributed by atoms with Gasteiger partial charge in [-0.25, -0.2) is 0 Å². The van der Waals surface area contributed by atoms with Gasteiger partial charge in [0.1, 0.15) is 0 Å². The lowest BCUT2D eigenvalue weighted by Crippen LogP contribution is -2.11. The van der Waals surface area contributed by atoms with Crippen molar-refractivity contribution in [2.24, 2.45) is 5.73 Å². The highest BCUT2D eigenvalue weighted by Gasteiger charge is 2.08. The van der Waals surface area contributed by atoms with Gasteiger partial charge in [-0.3, -0.25) is 4.21 Å². The highest BCUT2D eigenvalue weighted by molar-refractivity contribution is 7.84. The second-order valence-electron chi connectivity index (χ2n) is 3.76. The fourth-order valence-corrected chi connectivity index (χ4v) is 2.44. The number of rotatable bonds is 5. The first-order valence-corrected chi connectivity index (χ1v) is 6.70. The molecule has 0 amide bonds. The van der Waals surface area contributed by atoms with Gasteiger partial charge in [-0.2, -0.15) is 0 Å². The maximum absolute atomic E-state index is 11.8. The van der Waals surface area contributed by atoms with Crippen molar-refractivity contribution in [1.29, 1.82) is 0 Å². The van der Waals surface area contributed by atoms with Crippen LogP contribution in [0.1, 0.15) is 31.4 Å². The molecule has 1 aromatic rings. The van der Waals surface area contributed by atoms with Gasteiger partial charge in [0.25, 0.3) is 0 Å². The van der Waals surface area contributed by atoms with Crippen molar-refractivity contribution in [2.45, 2.75) is 37.8 Å². The van der Waals surface area contributed by atoms with Crippen molar-refractivity contribution in [2.75, 3.05) is 0 Å². The summed E-state index contributed by atoms with van der Waals surface area (Å²) in [4.78, 5) is 0. The average Bonchev–Trinajstić information content (AvgIpc) is 2.29. The number of nitrogens with two attached hydrogens (primary N) is 1. The second-order valence-corrected chi connectivity index (χ2v) is 5.62. The molecule has 0 heterocycles. The van der Waals surface area contributed by atoms with Gasteiger partial charge in [-0.1, -0.05) is 38.1 Å². The van der Waals surface area contributed by atoms with E-state index >= 15 is 0 Å². The molecule has 1 aromatic carbocycles. The van der Waals surface area contributed by atoms with Crippen LogP contribution in [0.25, 0.3) is 0 Å². The van der Waals surface area contributed by atoms with Crippen LogP contribution in [-0.4, -0.2) is 9.46 Å². The molecule has 0 aliphatic rings. The topological polar surface area (TPSA) is 43.1 Å². The molecular weight excluding hydrogens is 206 g/mol. The predicted octanol–water partition coefficient (Wildman–Crippen LogP) is 2.19. The van der Waals surface area contributed by atoms with Crippen molar-refractivity contribution in [1.82, 2.24) is 0 Å². The van der Waals surface area contributed by atoms with E-state index in [4.69, 9.17) is 5.73 Å². The van der Waals surface area contributed by atoms with Crippen LogP contribution in [0, 0.1) is 0 Å². The van der Waals surface area contributed by atoms with Gasteiger partial charge in [0.2, 0.25) is 0 Å². The van der Waals surface area contributed by atoms with Crippen LogP contribution in [0.2, 0.25) is 0 Å². The SMILES string of the molecule is CCC(C)S(=O)Cc1ccc(CN)cc1. The third-order valence-electron chi connectivity index (χ3n) is 2.59. The summed E-state index contributed by atoms with van der Waals surface area (Å²) in [6.45, 7) is 4.67. The molecule has 2 nitrogen and oxygen atoms in total. The zero-order valence-corrected chi connectivity index (χ0v) is 10.2. The van der Waals surface area contributed by atoms with Gasteiger partial charge < -0.3 is 5.73 Å². The minimum absolute atomic E-state index is 0.277. The normalized spacial score (nSPS) is 14.9. The van der Waals surface area contributed by atoms with Crippen molar-refractivity contribution in [3.05, 3.63) is 35.4 Å². The Morgan fingerprint density at radius 2 is 1.80 bits per heavy atom. The predicted molar refractivity (Wildman–Crippen MR) is 65.9 cm³/mol. The molecule has 1 rings (SSSR count). The van der Waals surface area contributed by atoms with Gasteiger partial charge >= 0.3 is 0 Å². The fourth-order valence-electron chi connectivity index (χ4n) is 1.26. The van der Waals surface area contributed by atoms with Gasteiger partial charge in [-0.15, -0.1) is 0 Å². The molecule has 0 saturated carbocycles. The summed E-state index contributed by atoms with van der Waals surface area (Å²) in [6, 6.07) is 8.04. The molecule has 0 spiro atoms. The first-order valence-electron chi connectivity index (χ1n) is 5.32. The summed E-state index contributed by atoms with van der Waals surface area (Å²) >= 11 is 0. The molecule has 0 aromatic heterocycles. The quantitative estimate of drug-likeness (QED) is 0.834. The molecule has 2 unspecified atom stereocenters. The molecule has 0 aliphatic heterocycles. The summed E-state index contributed by atoms with van der Waals surface area (Å²) in [6.07, 6.45) is 0.966.